The predicted molar refractivity (Wildman–Crippen MR) is 74.2 cm³/mol. The van der Waals surface area contributed by atoms with E-state index in [1.54, 1.807) is 12.1 Å². The molecular formula is C16H20O3. The minimum atomic E-state index is -0.893. The minimum absolute atomic E-state index is 0.194. The molecule has 3 heteroatoms. The van der Waals surface area contributed by atoms with E-state index in [1.807, 2.05) is 12.1 Å². The summed E-state index contributed by atoms with van der Waals surface area (Å²) in [7, 11) is 0. The van der Waals surface area contributed by atoms with Crippen LogP contribution in [0.1, 0.15) is 48.0 Å². The maximum absolute atomic E-state index is 10.7. The summed E-state index contributed by atoms with van der Waals surface area (Å²) in [5.74, 6) is -0.893. The van der Waals surface area contributed by atoms with E-state index in [-0.39, 0.29) is 6.10 Å². The van der Waals surface area contributed by atoms with Crippen LogP contribution in [0, 0.1) is 0 Å². The van der Waals surface area contributed by atoms with Gasteiger partial charge in [-0.1, -0.05) is 37.1 Å². The quantitative estimate of drug-likeness (QED) is 0.838. The lowest BCUT2D eigenvalue weighted by molar-refractivity contribution is 0.0636. The van der Waals surface area contributed by atoms with Crippen molar-refractivity contribution >= 4 is 5.97 Å². The Morgan fingerprint density at radius 3 is 2.74 bits per heavy atom. The Balaban J connectivity index is 1.86. The third kappa shape index (κ3) is 4.52. The molecule has 1 aromatic carbocycles. The molecule has 0 heterocycles. The SMILES string of the molecule is O=C(O)c1ccc(COC2/C=C\CCCCC2)cc1. The highest BCUT2D eigenvalue weighted by Crippen LogP contribution is 2.16. The van der Waals surface area contributed by atoms with Gasteiger partial charge >= 0.3 is 5.97 Å². The van der Waals surface area contributed by atoms with Gasteiger partial charge < -0.3 is 9.84 Å². The van der Waals surface area contributed by atoms with Gasteiger partial charge in [0.05, 0.1) is 18.3 Å². The zero-order valence-electron chi connectivity index (χ0n) is 11.0. The number of hydrogen-bond donors (Lipinski definition) is 1. The lowest BCUT2D eigenvalue weighted by Gasteiger charge is -2.16. The molecule has 1 aromatic rings. The van der Waals surface area contributed by atoms with Crippen LogP contribution in [0.3, 0.4) is 0 Å². The van der Waals surface area contributed by atoms with E-state index in [0.29, 0.717) is 12.2 Å². The molecule has 3 nitrogen and oxygen atoms in total. The van der Waals surface area contributed by atoms with Gasteiger partial charge in [0.15, 0.2) is 0 Å². The molecule has 0 amide bonds. The number of rotatable bonds is 4. The molecule has 0 radical (unpaired) electrons. The molecule has 1 aliphatic rings. The number of hydrogen-bond acceptors (Lipinski definition) is 2. The van der Waals surface area contributed by atoms with Crippen molar-refractivity contribution in [3.8, 4) is 0 Å². The summed E-state index contributed by atoms with van der Waals surface area (Å²) in [6.45, 7) is 0.537. The summed E-state index contributed by atoms with van der Waals surface area (Å²) in [6, 6.07) is 6.87. The molecule has 2 rings (SSSR count). The van der Waals surface area contributed by atoms with E-state index in [9.17, 15) is 4.79 Å². The molecule has 102 valence electrons. The minimum Gasteiger partial charge on any atom is -0.478 e. The van der Waals surface area contributed by atoms with Crippen molar-refractivity contribution in [2.24, 2.45) is 0 Å². The van der Waals surface area contributed by atoms with Gasteiger partial charge in [0.2, 0.25) is 0 Å². The van der Waals surface area contributed by atoms with Crippen molar-refractivity contribution in [1.82, 2.24) is 0 Å². The fourth-order valence-corrected chi connectivity index (χ4v) is 2.21. The number of aromatic carboxylic acids is 1. The van der Waals surface area contributed by atoms with Crippen LogP contribution in [0.25, 0.3) is 0 Å². The van der Waals surface area contributed by atoms with E-state index in [1.165, 1.54) is 19.3 Å². The van der Waals surface area contributed by atoms with E-state index < -0.39 is 5.97 Å². The van der Waals surface area contributed by atoms with Crippen LogP contribution in [-0.4, -0.2) is 17.2 Å². The van der Waals surface area contributed by atoms with Gasteiger partial charge in [0.1, 0.15) is 0 Å². The zero-order chi connectivity index (χ0) is 13.5. The fraction of sp³-hybridized carbons (Fsp3) is 0.438. The maximum atomic E-state index is 10.7. The molecule has 0 saturated heterocycles. The molecule has 1 unspecified atom stereocenters. The topological polar surface area (TPSA) is 46.5 Å². The third-order valence-electron chi connectivity index (χ3n) is 3.38. The van der Waals surface area contributed by atoms with Crippen LogP contribution in [0.2, 0.25) is 0 Å². The number of allylic oxidation sites excluding steroid dienone is 1. The van der Waals surface area contributed by atoms with Crippen LogP contribution in [0.4, 0.5) is 0 Å². The Morgan fingerprint density at radius 2 is 2.00 bits per heavy atom. The first-order valence-corrected chi connectivity index (χ1v) is 6.86. The number of carbonyl (C=O) groups is 1. The van der Waals surface area contributed by atoms with Crippen LogP contribution >= 0.6 is 0 Å². The lowest BCUT2D eigenvalue weighted by Crippen LogP contribution is -2.11. The fourth-order valence-electron chi connectivity index (χ4n) is 2.21. The first kappa shape index (κ1) is 13.8. The van der Waals surface area contributed by atoms with Crippen molar-refractivity contribution in [2.45, 2.75) is 44.8 Å². The molecule has 19 heavy (non-hydrogen) atoms. The van der Waals surface area contributed by atoms with Crippen molar-refractivity contribution < 1.29 is 14.6 Å². The molecule has 1 atom stereocenters. The molecule has 0 aliphatic heterocycles. The first-order chi connectivity index (χ1) is 9.25. The third-order valence-corrected chi connectivity index (χ3v) is 3.38. The van der Waals surface area contributed by atoms with Gasteiger partial charge in [0.25, 0.3) is 0 Å². The Bertz CT molecular complexity index is 434. The van der Waals surface area contributed by atoms with Gasteiger partial charge in [-0.25, -0.2) is 4.79 Å². The second kappa shape index (κ2) is 7.10. The van der Waals surface area contributed by atoms with Crippen LogP contribution in [0.15, 0.2) is 36.4 Å². The summed E-state index contributed by atoms with van der Waals surface area (Å²) in [5, 5.41) is 8.83. The highest BCUT2D eigenvalue weighted by atomic mass is 16.5. The van der Waals surface area contributed by atoms with Gasteiger partial charge in [-0.15, -0.1) is 0 Å². The maximum Gasteiger partial charge on any atom is 0.335 e. The molecule has 0 spiro atoms. The normalized spacial score (nSPS) is 21.4. The van der Waals surface area contributed by atoms with Gasteiger partial charge in [-0.05, 0) is 37.0 Å². The van der Waals surface area contributed by atoms with Crippen molar-refractivity contribution in [2.75, 3.05) is 0 Å². The van der Waals surface area contributed by atoms with Crippen molar-refractivity contribution in [3.63, 3.8) is 0 Å². The molecule has 1 N–H and O–H groups in total. The Morgan fingerprint density at radius 1 is 1.21 bits per heavy atom. The summed E-state index contributed by atoms with van der Waals surface area (Å²) in [6.07, 6.45) is 10.5. The molecule has 0 fully saturated rings. The first-order valence-electron chi connectivity index (χ1n) is 6.86. The monoisotopic (exact) mass is 260 g/mol. The van der Waals surface area contributed by atoms with E-state index in [0.717, 1.165) is 18.4 Å². The average molecular weight is 260 g/mol. The molecule has 0 aromatic heterocycles. The second-order valence-electron chi connectivity index (χ2n) is 4.92. The van der Waals surface area contributed by atoms with Crippen LogP contribution in [0.5, 0.6) is 0 Å². The summed E-state index contributed by atoms with van der Waals surface area (Å²) in [5.41, 5.74) is 1.33. The summed E-state index contributed by atoms with van der Waals surface area (Å²) < 4.78 is 5.87. The van der Waals surface area contributed by atoms with E-state index >= 15 is 0 Å². The summed E-state index contributed by atoms with van der Waals surface area (Å²) >= 11 is 0. The molecule has 0 bridgehead atoms. The highest BCUT2D eigenvalue weighted by molar-refractivity contribution is 5.87. The Labute approximate surface area is 113 Å². The van der Waals surface area contributed by atoms with Gasteiger partial charge in [-0.2, -0.15) is 0 Å². The van der Waals surface area contributed by atoms with Gasteiger partial charge in [-0.3, -0.25) is 0 Å². The van der Waals surface area contributed by atoms with Gasteiger partial charge in [0, 0.05) is 0 Å². The standard InChI is InChI=1S/C16H20O3/c17-16(18)14-10-8-13(9-11-14)12-19-15-6-4-2-1-3-5-7-15/h4,6,8-11,15H,1-3,5,7,12H2,(H,17,18)/b6-4-. The Kier molecular flexibility index (Phi) is 5.16. The van der Waals surface area contributed by atoms with E-state index in [2.05, 4.69) is 12.2 Å². The summed E-state index contributed by atoms with van der Waals surface area (Å²) in [4.78, 5) is 10.7. The molecule has 0 saturated carbocycles. The largest absolute Gasteiger partial charge is 0.478 e. The number of carboxylic acids is 1. The van der Waals surface area contributed by atoms with E-state index in [4.69, 9.17) is 9.84 Å². The van der Waals surface area contributed by atoms with Crippen molar-refractivity contribution in [1.29, 1.82) is 0 Å². The highest BCUT2D eigenvalue weighted by Gasteiger charge is 2.08. The van der Waals surface area contributed by atoms with Crippen LogP contribution < -0.4 is 0 Å². The number of benzene rings is 1. The number of carboxylic acid groups (broad SMARTS) is 1. The number of ether oxygens (including phenoxy) is 1. The zero-order valence-corrected chi connectivity index (χ0v) is 11.0. The second-order valence-corrected chi connectivity index (χ2v) is 4.92. The molecular weight excluding hydrogens is 240 g/mol. The average Bonchev–Trinajstić information content (AvgIpc) is 2.38. The Hall–Kier alpha value is -1.61. The van der Waals surface area contributed by atoms with Crippen LogP contribution in [-0.2, 0) is 11.3 Å². The lowest BCUT2D eigenvalue weighted by atomic mass is 10.0. The smallest absolute Gasteiger partial charge is 0.335 e. The predicted octanol–water partition coefficient (Wildman–Crippen LogP) is 3.79. The van der Waals surface area contributed by atoms with Crippen molar-refractivity contribution in [3.05, 3.63) is 47.5 Å². The molecule has 1 aliphatic carbocycles.